The molecule has 1 saturated heterocycles. The van der Waals surface area contributed by atoms with Gasteiger partial charge in [-0.2, -0.15) is 0 Å². The van der Waals surface area contributed by atoms with Gasteiger partial charge in [-0.1, -0.05) is 17.7 Å². The maximum absolute atomic E-state index is 12.1. The first kappa shape index (κ1) is 14.2. The summed E-state index contributed by atoms with van der Waals surface area (Å²) in [6.45, 7) is 4.38. The lowest BCUT2D eigenvalue weighted by Crippen LogP contribution is -2.44. The molecule has 0 aliphatic carbocycles. The number of ether oxygens (including phenoxy) is 1. The molecule has 2 atom stereocenters. The lowest BCUT2D eigenvalue weighted by atomic mass is 10.1. The van der Waals surface area contributed by atoms with Gasteiger partial charge in [0.25, 0.3) is 0 Å². The number of likely N-dealkylation sites (tertiary alicyclic amines) is 1. The second kappa shape index (κ2) is 5.93. The summed E-state index contributed by atoms with van der Waals surface area (Å²) in [5, 5.41) is 5.99. The highest BCUT2D eigenvalue weighted by atomic mass is 16.5. The molecule has 2 amide bonds. The number of likely N-dealkylation sites (N-methyl/N-ethyl adjacent to an activating group) is 1. The number of nitrogens with zero attached hydrogens (tertiary/aromatic N) is 1. The Kier molecular flexibility index (Phi) is 4.01. The standard InChI is InChI=1S/C16H23N3O2/c1-11-5-6-15-13(8-11)14(10-21-15)18-16(20)17-9-12-4-3-7-19(12)2/h5-6,8,12,14H,3-4,7,9-10H2,1-2H3,(H2,17,18,20). The van der Waals surface area contributed by atoms with E-state index in [1.54, 1.807) is 0 Å². The van der Waals surface area contributed by atoms with Crippen molar-refractivity contribution < 1.29 is 9.53 Å². The Labute approximate surface area is 125 Å². The Morgan fingerprint density at radius 3 is 3.10 bits per heavy atom. The molecule has 0 spiro atoms. The van der Waals surface area contributed by atoms with E-state index in [1.165, 1.54) is 12.0 Å². The van der Waals surface area contributed by atoms with Crippen molar-refractivity contribution in [3.63, 3.8) is 0 Å². The van der Waals surface area contributed by atoms with Crippen LogP contribution in [0.25, 0.3) is 0 Å². The number of hydrogen-bond acceptors (Lipinski definition) is 3. The Bertz CT molecular complexity index is 532. The first-order valence-corrected chi connectivity index (χ1v) is 7.61. The highest BCUT2D eigenvalue weighted by Gasteiger charge is 2.26. The van der Waals surface area contributed by atoms with Crippen LogP contribution >= 0.6 is 0 Å². The maximum Gasteiger partial charge on any atom is 0.315 e. The maximum atomic E-state index is 12.1. The molecule has 114 valence electrons. The summed E-state index contributed by atoms with van der Waals surface area (Å²) in [5.41, 5.74) is 2.25. The van der Waals surface area contributed by atoms with Crippen LogP contribution in [0.5, 0.6) is 5.75 Å². The van der Waals surface area contributed by atoms with Gasteiger partial charge >= 0.3 is 6.03 Å². The van der Waals surface area contributed by atoms with Crippen LogP contribution in [0.1, 0.15) is 30.0 Å². The van der Waals surface area contributed by atoms with Gasteiger partial charge in [-0.05, 0) is 39.4 Å². The molecule has 2 unspecified atom stereocenters. The number of carbonyl (C=O) groups excluding carboxylic acids is 1. The topological polar surface area (TPSA) is 53.6 Å². The molecule has 0 saturated carbocycles. The van der Waals surface area contributed by atoms with Crippen LogP contribution in [0.3, 0.4) is 0 Å². The fourth-order valence-corrected chi connectivity index (χ4v) is 3.11. The Hall–Kier alpha value is -1.75. The third-order valence-corrected chi connectivity index (χ3v) is 4.42. The fourth-order valence-electron chi connectivity index (χ4n) is 3.11. The van der Waals surface area contributed by atoms with Crippen LogP contribution in [0, 0.1) is 6.92 Å². The molecule has 5 heteroatoms. The highest BCUT2D eigenvalue weighted by Crippen LogP contribution is 2.32. The number of amides is 2. The first-order chi connectivity index (χ1) is 10.1. The zero-order valence-corrected chi connectivity index (χ0v) is 12.7. The molecule has 21 heavy (non-hydrogen) atoms. The second-order valence-corrected chi connectivity index (χ2v) is 6.04. The van der Waals surface area contributed by atoms with Gasteiger partial charge in [0, 0.05) is 18.2 Å². The monoisotopic (exact) mass is 289 g/mol. The molecule has 2 aliphatic heterocycles. The van der Waals surface area contributed by atoms with E-state index < -0.39 is 0 Å². The van der Waals surface area contributed by atoms with E-state index in [2.05, 4.69) is 28.6 Å². The molecule has 1 fully saturated rings. The number of hydrogen-bond donors (Lipinski definition) is 2. The number of rotatable bonds is 3. The molecule has 0 bridgehead atoms. The highest BCUT2D eigenvalue weighted by molar-refractivity contribution is 5.74. The third-order valence-electron chi connectivity index (χ3n) is 4.42. The van der Waals surface area contributed by atoms with Crippen LogP contribution in [0.4, 0.5) is 4.79 Å². The van der Waals surface area contributed by atoms with E-state index in [4.69, 9.17) is 4.74 Å². The zero-order chi connectivity index (χ0) is 14.8. The van der Waals surface area contributed by atoms with Gasteiger partial charge < -0.3 is 20.3 Å². The lowest BCUT2D eigenvalue weighted by Gasteiger charge is -2.20. The number of fused-ring (bicyclic) bond motifs is 1. The molecule has 2 N–H and O–H groups in total. The summed E-state index contributed by atoms with van der Waals surface area (Å²) in [6, 6.07) is 6.37. The van der Waals surface area contributed by atoms with Crippen LogP contribution in [-0.2, 0) is 0 Å². The summed E-state index contributed by atoms with van der Waals surface area (Å²) in [4.78, 5) is 14.4. The van der Waals surface area contributed by atoms with Crippen molar-refractivity contribution >= 4 is 6.03 Å². The van der Waals surface area contributed by atoms with Crippen LogP contribution in [0.15, 0.2) is 18.2 Å². The van der Waals surface area contributed by atoms with Gasteiger partial charge in [-0.15, -0.1) is 0 Å². The Morgan fingerprint density at radius 1 is 1.48 bits per heavy atom. The molecular formula is C16H23N3O2. The van der Waals surface area contributed by atoms with Gasteiger partial charge in [0.1, 0.15) is 12.4 Å². The normalized spacial score (nSPS) is 24.5. The van der Waals surface area contributed by atoms with Crippen molar-refractivity contribution in [2.45, 2.75) is 31.8 Å². The molecule has 2 heterocycles. The van der Waals surface area contributed by atoms with Gasteiger partial charge in [0.05, 0.1) is 6.04 Å². The van der Waals surface area contributed by atoms with Crippen molar-refractivity contribution in [2.24, 2.45) is 0 Å². The predicted molar refractivity (Wildman–Crippen MR) is 81.6 cm³/mol. The molecule has 2 aliphatic rings. The minimum absolute atomic E-state index is 0.0544. The fraction of sp³-hybridized carbons (Fsp3) is 0.562. The van der Waals surface area contributed by atoms with Crippen LogP contribution < -0.4 is 15.4 Å². The van der Waals surface area contributed by atoms with E-state index >= 15 is 0 Å². The molecule has 5 nitrogen and oxygen atoms in total. The summed E-state index contributed by atoms with van der Waals surface area (Å²) in [5.74, 6) is 0.876. The summed E-state index contributed by atoms with van der Waals surface area (Å²) < 4.78 is 5.61. The molecule has 0 aromatic heterocycles. The smallest absolute Gasteiger partial charge is 0.315 e. The summed E-state index contributed by atoms with van der Waals surface area (Å²) >= 11 is 0. The minimum Gasteiger partial charge on any atom is -0.491 e. The van der Waals surface area contributed by atoms with Crippen LogP contribution in [0.2, 0.25) is 0 Å². The van der Waals surface area contributed by atoms with Crippen molar-refractivity contribution in [1.29, 1.82) is 0 Å². The summed E-state index contributed by atoms with van der Waals surface area (Å²) in [7, 11) is 2.11. The number of aryl methyl sites for hydroxylation is 1. The van der Waals surface area contributed by atoms with Gasteiger partial charge in [0.15, 0.2) is 0 Å². The zero-order valence-electron chi connectivity index (χ0n) is 12.7. The Balaban J connectivity index is 1.53. The lowest BCUT2D eigenvalue weighted by molar-refractivity contribution is 0.226. The van der Waals surface area contributed by atoms with Crippen molar-refractivity contribution in [3.8, 4) is 5.75 Å². The van der Waals surface area contributed by atoms with Crippen LogP contribution in [-0.4, -0.2) is 43.7 Å². The molecule has 0 radical (unpaired) electrons. The number of carbonyl (C=O) groups is 1. The average Bonchev–Trinajstić information content (AvgIpc) is 3.03. The largest absolute Gasteiger partial charge is 0.491 e. The second-order valence-electron chi connectivity index (χ2n) is 6.04. The van der Waals surface area contributed by atoms with E-state index in [0.29, 0.717) is 19.2 Å². The quantitative estimate of drug-likeness (QED) is 0.892. The molecule has 3 rings (SSSR count). The van der Waals surface area contributed by atoms with Gasteiger partial charge in [-0.3, -0.25) is 0 Å². The van der Waals surface area contributed by atoms with Gasteiger partial charge in [-0.25, -0.2) is 4.79 Å². The van der Waals surface area contributed by atoms with Crippen molar-refractivity contribution in [3.05, 3.63) is 29.3 Å². The number of benzene rings is 1. The van der Waals surface area contributed by atoms with Crippen molar-refractivity contribution in [1.82, 2.24) is 15.5 Å². The van der Waals surface area contributed by atoms with Crippen molar-refractivity contribution in [2.75, 3.05) is 26.7 Å². The number of urea groups is 1. The average molecular weight is 289 g/mol. The Morgan fingerprint density at radius 2 is 2.33 bits per heavy atom. The third kappa shape index (κ3) is 3.13. The number of nitrogens with one attached hydrogen (secondary N) is 2. The van der Waals surface area contributed by atoms with E-state index in [9.17, 15) is 4.79 Å². The SMILES string of the molecule is Cc1ccc2c(c1)C(NC(=O)NCC1CCCN1C)CO2. The summed E-state index contributed by atoms with van der Waals surface area (Å²) in [6.07, 6.45) is 2.37. The predicted octanol–water partition coefficient (Wildman–Crippen LogP) is 1.82. The van der Waals surface area contributed by atoms with Gasteiger partial charge in [0.2, 0.25) is 0 Å². The van der Waals surface area contributed by atoms with E-state index in [0.717, 1.165) is 24.3 Å². The van der Waals surface area contributed by atoms with E-state index in [-0.39, 0.29) is 12.1 Å². The minimum atomic E-state index is -0.113. The van der Waals surface area contributed by atoms with E-state index in [1.807, 2.05) is 19.1 Å². The first-order valence-electron chi connectivity index (χ1n) is 7.61. The molecular weight excluding hydrogens is 266 g/mol. The molecule has 1 aromatic rings. The molecule has 1 aromatic carbocycles.